The van der Waals surface area contributed by atoms with E-state index in [9.17, 15) is 9.59 Å². The zero-order chi connectivity index (χ0) is 20.0. The number of amides is 2. The molecule has 0 saturated heterocycles. The molecule has 2 amide bonds. The maximum atomic E-state index is 12.7. The molecule has 6 nitrogen and oxygen atoms in total. The fourth-order valence-corrected chi connectivity index (χ4v) is 4.39. The van der Waals surface area contributed by atoms with Gasteiger partial charge in [-0.2, -0.15) is 0 Å². The molecular weight excluding hydrogens is 384 g/mol. The molecule has 2 aromatic heterocycles. The third kappa shape index (κ3) is 2.87. The number of rotatable bonds is 4. The normalized spacial score (nSPS) is 14.1. The number of carbonyl (C=O) groups excluding carboxylic acids is 2. The van der Waals surface area contributed by atoms with E-state index in [1.165, 1.54) is 11.8 Å². The Bertz CT molecular complexity index is 1300. The number of H-pyrrole nitrogens is 1. The summed E-state index contributed by atoms with van der Waals surface area (Å²) >= 11 is 1.50. The standard InChI is InChI=1S/C22H16N4O2S/c1-26-17(12-24-22(26)29-13-7-3-2-4-8-13)19-18(20(27)25-21(19)28)15-11-23-16-10-6-5-9-14(15)16/h2-12,23H,1H3,(H,25,27,28). The lowest BCUT2D eigenvalue weighted by atomic mass is 9.99. The van der Waals surface area contributed by atoms with Gasteiger partial charge in [0.25, 0.3) is 11.8 Å². The molecule has 2 aromatic carbocycles. The summed E-state index contributed by atoms with van der Waals surface area (Å²) in [5.41, 5.74) is 2.93. The lowest BCUT2D eigenvalue weighted by molar-refractivity contribution is -0.122. The van der Waals surface area contributed by atoms with E-state index in [1.54, 1.807) is 12.4 Å². The van der Waals surface area contributed by atoms with E-state index in [2.05, 4.69) is 15.3 Å². The van der Waals surface area contributed by atoms with E-state index in [4.69, 9.17) is 0 Å². The second kappa shape index (κ2) is 6.79. The monoisotopic (exact) mass is 400 g/mol. The first-order valence-corrected chi connectivity index (χ1v) is 9.86. The Morgan fingerprint density at radius 3 is 2.48 bits per heavy atom. The Kier molecular flexibility index (Phi) is 4.10. The molecule has 0 spiro atoms. The van der Waals surface area contributed by atoms with Crippen LogP contribution in [0.1, 0.15) is 11.3 Å². The molecule has 0 fully saturated rings. The minimum atomic E-state index is -0.408. The number of hydrogen-bond acceptors (Lipinski definition) is 4. The molecule has 1 aliphatic heterocycles. The van der Waals surface area contributed by atoms with Crippen LogP contribution in [-0.4, -0.2) is 26.3 Å². The quantitative estimate of drug-likeness (QED) is 0.513. The van der Waals surface area contributed by atoms with Gasteiger partial charge < -0.3 is 9.55 Å². The maximum Gasteiger partial charge on any atom is 0.261 e. The van der Waals surface area contributed by atoms with Crippen LogP contribution in [0.3, 0.4) is 0 Å². The number of nitrogens with zero attached hydrogens (tertiary/aromatic N) is 2. The van der Waals surface area contributed by atoms with Gasteiger partial charge in [0.05, 0.1) is 23.0 Å². The molecule has 29 heavy (non-hydrogen) atoms. The molecule has 2 N–H and O–H groups in total. The average Bonchev–Trinajstić information content (AvgIpc) is 3.38. The molecule has 4 aromatic rings. The summed E-state index contributed by atoms with van der Waals surface area (Å²) in [6.45, 7) is 0. The number of imidazole rings is 1. The zero-order valence-corrected chi connectivity index (χ0v) is 16.3. The zero-order valence-electron chi connectivity index (χ0n) is 15.5. The molecule has 3 heterocycles. The van der Waals surface area contributed by atoms with Gasteiger partial charge in [-0.1, -0.05) is 48.2 Å². The Labute approximate surface area is 170 Å². The van der Waals surface area contributed by atoms with E-state index in [-0.39, 0.29) is 0 Å². The fraction of sp³-hybridized carbons (Fsp3) is 0.0455. The highest BCUT2D eigenvalue weighted by atomic mass is 32.2. The van der Waals surface area contributed by atoms with Crippen molar-refractivity contribution in [2.45, 2.75) is 10.1 Å². The molecule has 0 aliphatic carbocycles. The number of fused-ring (bicyclic) bond motifs is 1. The second-order valence-corrected chi connectivity index (χ2v) is 7.72. The molecule has 7 heteroatoms. The van der Waals surface area contributed by atoms with E-state index >= 15 is 0 Å². The molecule has 0 saturated carbocycles. The Morgan fingerprint density at radius 1 is 0.931 bits per heavy atom. The van der Waals surface area contributed by atoms with E-state index < -0.39 is 11.8 Å². The van der Waals surface area contributed by atoms with Crippen molar-refractivity contribution in [3.05, 3.63) is 78.2 Å². The Balaban J connectivity index is 1.65. The molecule has 5 rings (SSSR count). The minimum absolute atomic E-state index is 0.342. The van der Waals surface area contributed by atoms with Crippen LogP contribution < -0.4 is 5.32 Å². The highest BCUT2D eigenvalue weighted by molar-refractivity contribution is 7.99. The first kappa shape index (κ1) is 17.5. The third-order valence-electron chi connectivity index (χ3n) is 4.94. The number of nitrogens with one attached hydrogen (secondary N) is 2. The molecule has 0 unspecified atom stereocenters. The molecule has 0 bridgehead atoms. The van der Waals surface area contributed by atoms with Gasteiger partial charge in [-0.25, -0.2) is 4.98 Å². The summed E-state index contributed by atoms with van der Waals surface area (Å²) in [5, 5.41) is 4.08. The van der Waals surface area contributed by atoms with E-state index in [1.807, 2.05) is 66.2 Å². The van der Waals surface area contributed by atoms with E-state index in [0.717, 1.165) is 21.0 Å². The van der Waals surface area contributed by atoms with Crippen LogP contribution in [0.4, 0.5) is 0 Å². The van der Waals surface area contributed by atoms with Crippen LogP contribution in [0, 0.1) is 0 Å². The van der Waals surface area contributed by atoms with Crippen LogP contribution in [0.5, 0.6) is 0 Å². The van der Waals surface area contributed by atoms with Gasteiger partial charge in [0.15, 0.2) is 5.16 Å². The summed E-state index contributed by atoms with van der Waals surface area (Å²) in [5.74, 6) is -0.803. The average molecular weight is 400 g/mol. The molecule has 0 radical (unpaired) electrons. The predicted molar refractivity (Wildman–Crippen MR) is 112 cm³/mol. The first-order chi connectivity index (χ1) is 14.1. The Hall–Kier alpha value is -3.58. The number of para-hydroxylation sites is 1. The third-order valence-corrected chi connectivity index (χ3v) is 6.01. The summed E-state index contributed by atoms with van der Waals surface area (Å²) in [4.78, 5) is 34.1. The van der Waals surface area contributed by atoms with Crippen molar-refractivity contribution < 1.29 is 9.59 Å². The van der Waals surface area contributed by atoms with Crippen LogP contribution >= 0.6 is 11.8 Å². The molecule has 142 valence electrons. The topological polar surface area (TPSA) is 79.8 Å². The largest absolute Gasteiger partial charge is 0.361 e. The summed E-state index contributed by atoms with van der Waals surface area (Å²) in [7, 11) is 1.85. The summed E-state index contributed by atoms with van der Waals surface area (Å²) < 4.78 is 1.85. The number of hydrogen-bond donors (Lipinski definition) is 2. The number of benzene rings is 2. The summed E-state index contributed by atoms with van der Waals surface area (Å²) in [6.07, 6.45) is 3.42. The highest BCUT2D eigenvalue weighted by Gasteiger charge is 2.35. The molecule has 1 aliphatic rings. The molecular formula is C22H16N4O2S. The SMILES string of the molecule is Cn1c(C2=C(c3c[nH]c4ccccc34)C(=O)NC2=O)cnc1Sc1ccccc1. The van der Waals surface area contributed by atoms with Crippen LogP contribution in [0.2, 0.25) is 0 Å². The van der Waals surface area contributed by atoms with Gasteiger partial charge in [0.1, 0.15) is 0 Å². The smallest absolute Gasteiger partial charge is 0.261 e. The van der Waals surface area contributed by atoms with Crippen LogP contribution in [-0.2, 0) is 16.6 Å². The van der Waals surface area contributed by atoms with Crippen molar-refractivity contribution >= 4 is 45.6 Å². The first-order valence-electron chi connectivity index (χ1n) is 9.05. The van der Waals surface area contributed by atoms with Crippen LogP contribution in [0.15, 0.2) is 77.0 Å². The number of imide groups is 1. The van der Waals surface area contributed by atoms with Crippen molar-refractivity contribution in [2.75, 3.05) is 0 Å². The van der Waals surface area contributed by atoms with Crippen molar-refractivity contribution in [1.29, 1.82) is 0 Å². The minimum Gasteiger partial charge on any atom is -0.361 e. The second-order valence-electron chi connectivity index (χ2n) is 6.68. The van der Waals surface area contributed by atoms with Gasteiger partial charge in [0, 0.05) is 34.6 Å². The molecule has 0 atom stereocenters. The highest BCUT2D eigenvalue weighted by Crippen LogP contribution is 2.36. The van der Waals surface area contributed by atoms with E-state index in [0.29, 0.717) is 22.4 Å². The van der Waals surface area contributed by atoms with Gasteiger partial charge >= 0.3 is 0 Å². The van der Waals surface area contributed by atoms with Gasteiger partial charge in [-0.3, -0.25) is 14.9 Å². The number of aromatic nitrogens is 3. The van der Waals surface area contributed by atoms with Crippen molar-refractivity contribution in [3.8, 4) is 0 Å². The lowest BCUT2D eigenvalue weighted by Crippen LogP contribution is -2.23. The fourth-order valence-electron chi connectivity index (χ4n) is 3.55. The van der Waals surface area contributed by atoms with Crippen molar-refractivity contribution in [3.63, 3.8) is 0 Å². The lowest BCUT2D eigenvalue weighted by Gasteiger charge is -2.07. The summed E-state index contributed by atoms with van der Waals surface area (Å²) in [6, 6.07) is 17.6. The Morgan fingerprint density at radius 2 is 1.66 bits per heavy atom. The van der Waals surface area contributed by atoms with Crippen LogP contribution in [0.25, 0.3) is 22.0 Å². The van der Waals surface area contributed by atoms with Gasteiger partial charge in [-0.15, -0.1) is 0 Å². The van der Waals surface area contributed by atoms with Crippen molar-refractivity contribution in [1.82, 2.24) is 19.9 Å². The van der Waals surface area contributed by atoms with Gasteiger partial charge in [0.2, 0.25) is 0 Å². The number of carbonyl (C=O) groups is 2. The van der Waals surface area contributed by atoms with Gasteiger partial charge in [-0.05, 0) is 18.2 Å². The van der Waals surface area contributed by atoms with Crippen molar-refractivity contribution in [2.24, 2.45) is 7.05 Å². The number of aromatic amines is 1. The predicted octanol–water partition coefficient (Wildman–Crippen LogP) is 3.62. The maximum absolute atomic E-state index is 12.7.